The summed E-state index contributed by atoms with van der Waals surface area (Å²) in [5.74, 6) is -2.23. The second-order valence-electron chi connectivity index (χ2n) is 6.04. The van der Waals surface area contributed by atoms with Crippen molar-refractivity contribution >= 4 is 36.3 Å². The van der Waals surface area contributed by atoms with Gasteiger partial charge in [-0.1, -0.05) is 17.7 Å². The molecule has 9 heteroatoms. The standard InChI is InChI=1S/C18H24N2O6S/c1-11-2-4-12(5-3-11)26-18(25)13(19)6-8-16(22)20-14(10-27)15(21)7-9-17(23)24/h2-5,13-14,27H,6-10,19H2,1H3,(H,20,22)(H,23,24). The molecule has 1 rings (SSSR count). The average molecular weight is 396 g/mol. The number of aryl methyl sites for hydroxylation is 1. The largest absolute Gasteiger partial charge is 0.481 e. The van der Waals surface area contributed by atoms with Crippen molar-refractivity contribution in [3.05, 3.63) is 29.8 Å². The van der Waals surface area contributed by atoms with E-state index in [2.05, 4.69) is 17.9 Å². The SMILES string of the molecule is Cc1ccc(OC(=O)C(N)CCC(=O)NC(CS)C(=O)CCC(=O)O)cc1. The van der Waals surface area contributed by atoms with E-state index < -0.39 is 35.7 Å². The molecule has 148 valence electrons. The van der Waals surface area contributed by atoms with Crippen LogP contribution in [0.4, 0.5) is 0 Å². The number of ether oxygens (including phenoxy) is 1. The quantitative estimate of drug-likeness (QED) is 0.247. The van der Waals surface area contributed by atoms with Gasteiger partial charge in [0.2, 0.25) is 5.91 Å². The highest BCUT2D eigenvalue weighted by molar-refractivity contribution is 7.80. The number of ketones is 1. The molecule has 0 heterocycles. The molecular weight excluding hydrogens is 372 g/mol. The highest BCUT2D eigenvalue weighted by Gasteiger charge is 2.22. The van der Waals surface area contributed by atoms with Crippen molar-refractivity contribution in [3.63, 3.8) is 0 Å². The number of benzene rings is 1. The van der Waals surface area contributed by atoms with E-state index in [1.165, 1.54) is 0 Å². The van der Waals surface area contributed by atoms with Crippen molar-refractivity contribution in [2.45, 2.75) is 44.7 Å². The number of carboxylic acid groups (broad SMARTS) is 1. The molecule has 0 aromatic heterocycles. The van der Waals surface area contributed by atoms with Gasteiger partial charge in [-0.15, -0.1) is 0 Å². The lowest BCUT2D eigenvalue weighted by Crippen LogP contribution is -2.43. The van der Waals surface area contributed by atoms with Crippen LogP contribution in [-0.4, -0.2) is 46.6 Å². The minimum atomic E-state index is -1.09. The first-order valence-electron chi connectivity index (χ1n) is 8.41. The van der Waals surface area contributed by atoms with Gasteiger partial charge in [-0.2, -0.15) is 12.6 Å². The molecule has 1 aromatic carbocycles. The molecule has 27 heavy (non-hydrogen) atoms. The van der Waals surface area contributed by atoms with Crippen LogP contribution in [0.25, 0.3) is 0 Å². The highest BCUT2D eigenvalue weighted by Crippen LogP contribution is 2.12. The highest BCUT2D eigenvalue weighted by atomic mass is 32.1. The van der Waals surface area contributed by atoms with E-state index in [1.807, 2.05) is 6.92 Å². The fraction of sp³-hybridized carbons (Fsp3) is 0.444. The number of carbonyl (C=O) groups is 4. The third kappa shape index (κ3) is 8.69. The molecule has 0 fully saturated rings. The molecule has 8 nitrogen and oxygen atoms in total. The maximum atomic E-state index is 12.0. The predicted molar refractivity (Wildman–Crippen MR) is 102 cm³/mol. The molecule has 2 unspecified atom stereocenters. The van der Waals surface area contributed by atoms with Crippen LogP contribution in [0, 0.1) is 6.92 Å². The van der Waals surface area contributed by atoms with Gasteiger partial charge in [-0.3, -0.25) is 14.4 Å². The maximum absolute atomic E-state index is 12.0. The summed E-state index contributed by atoms with van der Waals surface area (Å²) in [6.07, 6.45) is -0.544. The van der Waals surface area contributed by atoms with Gasteiger partial charge in [0, 0.05) is 18.6 Å². The number of carbonyl (C=O) groups excluding carboxylic acids is 3. The normalized spacial score (nSPS) is 12.7. The second-order valence-corrected chi connectivity index (χ2v) is 6.41. The number of thiol groups is 1. The molecule has 0 spiro atoms. The van der Waals surface area contributed by atoms with E-state index in [9.17, 15) is 19.2 Å². The van der Waals surface area contributed by atoms with Crippen molar-refractivity contribution in [1.82, 2.24) is 5.32 Å². The molecule has 0 aliphatic heterocycles. The Kier molecular flexibility index (Phi) is 9.52. The Morgan fingerprint density at radius 1 is 1.15 bits per heavy atom. The van der Waals surface area contributed by atoms with E-state index in [4.69, 9.17) is 15.6 Å². The first-order valence-corrected chi connectivity index (χ1v) is 9.04. The molecule has 0 saturated carbocycles. The van der Waals surface area contributed by atoms with Gasteiger partial charge in [0.1, 0.15) is 11.8 Å². The smallest absolute Gasteiger partial charge is 0.328 e. The number of hydrogen-bond donors (Lipinski definition) is 4. The molecule has 0 aliphatic carbocycles. The Hall–Kier alpha value is -2.39. The molecule has 0 saturated heterocycles. The van der Waals surface area contributed by atoms with Gasteiger partial charge in [-0.25, -0.2) is 4.79 Å². The predicted octanol–water partition coefficient (Wildman–Crippen LogP) is 0.856. The Morgan fingerprint density at radius 3 is 2.33 bits per heavy atom. The lowest BCUT2D eigenvalue weighted by molar-refractivity contribution is -0.138. The minimum Gasteiger partial charge on any atom is -0.481 e. The van der Waals surface area contributed by atoms with E-state index >= 15 is 0 Å². The zero-order valence-electron chi connectivity index (χ0n) is 15.0. The van der Waals surface area contributed by atoms with Crippen molar-refractivity contribution in [3.8, 4) is 5.75 Å². The Morgan fingerprint density at radius 2 is 1.78 bits per heavy atom. The van der Waals surface area contributed by atoms with E-state index in [0.29, 0.717) is 5.75 Å². The fourth-order valence-electron chi connectivity index (χ4n) is 2.10. The van der Waals surface area contributed by atoms with Crippen LogP contribution in [-0.2, 0) is 19.2 Å². The molecular formula is C18H24N2O6S. The topological polar surface area (TPSA) is 136 Å². The summed E-state index contributed by atoms with van der Waals surface area (Å²) in [6, 6.07) is 5.01. The fourth-order valence-corrected chi connectivity index (χ4v) is 2.40. The number of esters is 1. The number of hydrogen-bond acceptors (Lipinski definition) is 7. The maximum Gasteiger partial charge on any atom is 0.328 e. The number of Topliss-reactive ketones (excluding diaryl/α,β-unsaturated/α-hetero) is 1. The summed E-state index contributed by atoms with van der Waals surface area (Å²) in [5.41, 5.74) is 6.77. The van der Waals surface area contributed by atoms with Crippen molar-refractivity contribution in [2.24, 2.45) is 5.73 Å². The van der Waals surface area contributed by atoms with Gasteiger partial charge in [0.05, 0.1) is 12.5 Å². The number of aliphatic carboxylic acids is 1. The lowest BCUT2D eigenvalue weighted by Gasteiger charge is -2.16. The zero-order chi connectivity index (χ0) is 20.4. The Labute approximate surface area is 162 Å². The van der Waals surface area contributed by atoms with Crippen LogP contribution in [0.1, 0.15) is 31.2 Å². The summed E-state index contributed by atoms with van der Waals surface area (Å²) in [6.45, 7) is 1.90. The first kappa shape index (κ1) is 22.7. The Balaban J connectivity index is 2.42. The molecule has 0 radical (unpaired) electrons. The molecule has 0 aliphatic rings. The van der Waals surface area contributed by atoms with Crippen LogP contribution in [0.5, 0.6) is 5.75 Å². The monoisotopic (exact) mass is 396 g/mol. The molecule has 4 N–H and O–H groups in total. The number of nitrogens with two attached hydrogens (primary N) is 1. The lowest BCUT2D eigenvalue weighted by atomic mass is 10.1. The molecule has 2 atom stereocenters. The van der Waals surface area contributed by atoms with Gasteiger partial charge in [-0.05, 0) is 25.5 Å². The van der Waals surface area contributed by atoms with E-state index in [0.717, 1.165) is 5.56 Å². The van der Waals surface area contributed by atoms with Gasteiger partial charge in [0.15, 0.2) is 5.78 Å². The molecule has 1 amide bonds. The number of amides is 1. The third-order valence-electron chi connectivity index (χ3n) is 3.72. The van der Waals surface area contributed by atoms with Crippen LogP contribution in [0.15, 0.2) is 24.3 Å². The van der Waals surface area contributed by atoms with Crippen LogP contribution in [0.2, 0.25) is 0 Å². The minimum absolute atomic E-state index is 0.0408. The Bertz CT molecular complexity index is 677. The van der Waals surface area contributed by atoms with Gasteiger partial charge in [0.25, 0.3) is 0 Å². The van der Waals surface area contributed by atoms with E-state index in [-0.39, 0.29) is 31.4 Å². The number of rotatable bonds is 11. The van der Waals surface area contributed by atoms with Crippen LogP contribution < -0.4 is 15.8 Å². The summed E-state index contributed by atoms with van der Waals surface area (Å²) in [4.78, 5) is 46.3. The van der Waals surface area contributed by atoms with Crippen LogP contribution >= 0.6 is 12.6 Å². The first-order chi connectivity index (χ1) is 12.7. The van der Waals surface area contributed by atoms with Gasteiger partial charge < -0.3 is 20.9 Å². The summed E-state index contributed by atoms with van der Waals surface area (Å²) in [5, 5.41) is 11.1. The van der Waals surface area contributed by atoms with E-state index in [1.54, 1.807) is 24.3 Å². The summed E-state index contributed by atoms with van der Waals surface area (Å²) in [7, 11) is 0. The molecule has 0 bridgehead atoms. The molecule has 1 aromatic rings. The summed E-state index contributed by atoms with van der Waals surface area (Å²) >= 11 is 4.00. The van der Waals surface area contributed by atoms with Crippen LogP contribution in [0.3, 0.4) is 0 Å². The summed E-state index contributed by atoms with van der Waals surface area (Å²) < 4.78 is 5.14. The van der Waals surface area contributed by atoms with Crippen molar-refractivity contribution < 1.29 is 29.0 Å². The second kappa shape index (κ2) is 11.3. The van der Waals surface area contributed by atoms with Crippen molar-refractivity contribution in [2.75, 3.05) is 5.75 Å². The average Bonchev–Trinajstić information content (AvgIpc) is 2.63. The third-order valence-corrected chi connectivity index (χ3v) is 4.08. The number of nitrogens with one attached hydrogen (secondary N) is 1. The van der Waals surface area contributed by atoms with Crippen molar-refractivity contribution in [1.29, 1.82) is 0 Å². The zero-order valence-corrected chi connectivity index (χ0v) is 15.9. The van der Waals surface area contributed by atoms with Gasteiger partial charge >= 0.3 is 11.9 Å². The number of carboxylic acids is 1.